The molecular formula is C20H20N4O2. The molecule has 2 aromatic carbocycles. The normalized spacial score (nSPS) is 16.6. The van der Waals surface area contributed by atoms with Crippen LogP contribution in [0, 0.1) is 0 Å². The second-order valence-electron chi connectivity index (χ2n) is 6.27. The van der Waals surface area contributed by atoms with Gasteiger partial charge in [-0.15, -0.1) is 0 Å². The van der Waals surface area contributed by atoms with Gasteiger partial charge in [-0.2, -0.15) is 5.10 Å². The van der Waals surface area contributed by atoms with Crippen molar-refractivity contribution in [3.63, 3.8) is 0 Å². The predicted octanol–water partition coefficient (Wildman–Crippen LogP) is 2.34. The molecule has 0 radical (unpaired) electrons. The van der Waals surface area contributed by atoms with Gasteiger partial charge in [0, 0.05) is 23.1 Å². The summed E-state index contributed by atoms with van der Waals surface area (Å²) in [5.74, 6) is 0.651. The van der Waals surface area contributed by atoms with E-state index < -0.39 is 0 Å². The molecule has 1 aliphatic heterocycles. The molecule has 0 spiro atoms. The topological polar surface area (TPSA) is 78.5 Å². The SMILES string of the molecule is COc1ccc(/C=N\NC(=O)C2Cc3c([nH]c4ccccc34)CN2)cc1. The van der Waals surface area contributed by atoms with E-state index in [4.69, 9.17) is 4.74 Å². The molecule has 1 aromatic heterocycles. The van der Waals surface area contributed by atoms with E-state index in [1.807, 2.05) is 36.4 Å². The summed E-state index contributed by atoms with van der Waals surface area (Å²) < 4.78 is 5.12. The molecule has 3 N–H and O–H groups in total. The number of nitrogens with zero attached hydrogens (tertiary/aromatic N) is 1. The zero-order valence-corrected chi connectivity index (χ0v) is 14.5. The number of hydrazone groups is 1. The van der Waals surface area contributed by atoms with Gasteiger partial charge in [0.25, 0.3) is 5.91 Å². The zero-order valence-electron chi connectivity index (χ0n) is 14.5. The fraction of sp³-hybridized carbons (Fsp3) is 0.200. The molecule has 0 saturated heterocycles. The third kappa shape index (κ3) is 3.19. The number of H-pyrrole nitrogens is 1. The molecule has 132 valence electrons. The van der Waals surface area contributed by atoms with Crippen LogP contribution in [0.5, 0.6) is 5.75 Å². The standard InChI is InChI=1S/C20H20N4O2/c1-26-14-8-6-13(7-9-14)11-22-24-20(25)18-10-16-15-4-2-3-5-17(15)23-19(16)12-21-18/h2-9,11,18,21,23H,10,12H2,1H3,(H,24,25)/b22-11-. The van der Waals surface area contributed by atoms with Crippen molar-refractivity contribution >= 4 is 23.0 Å². The van der Waals surface area contributed by atoms with Crippen molar-refractivity contribution in [1.29, 1.82) is 0 Å². The maximum atomic E-state index is 12.4. The molecule has 2 heterocycles. The average molecular weight is 348 g/mol. The fourth-order valence-corrected chi connectivity index (χ4v) is 3.27. The van der Waals surface area contributed by atoms with Crippen LogP contribution in [0.1, 0.15) is 16.8 Å². The molecule has 0 aliphatic carbocycles. The molecule has 3 aromatic rings. The minimum absolute atomic E-state index is 0.134. The van der Waals surface area contributed by atoms with Gasteiger partial charge >= 0.3 is 0 Å². The molecule has 1 unspecified atom stereocenters. The number of para-hydroxylation sites is 1. The van der Waals surface area contributed by atoms with Crippen LogP contribution in [0.3, 0.4) is 0 Å². The van der Waals surface area contributed by atoms with Gasteiger partial charge in [-0.1, -0.05) is 18.2 Å². The number of hydrogen-bond donors (Lipinski definition) is 3. The van der Waals surface area contributed by atoms with E-state index in [2.05, 4.69) is 33.0 Å². The van der Waals surface area contributed by atoms with Crippen molar-refractivity contribution in [1.82, 2.24) is 15.7 Å². The Bertz CT molecular complexity index is 960. The third-order valence-electron chi connectivity index (χ3n) is 4.66. The van der Waals surface area contributed by atoms with Crippen molar-refractivity contribution in [2.24, 2.45) is 5.10 Å². The Kier molecular flexibility index (Phi) is 4.41. The first-order chi connectivity index (χ1) is 12.7. The van der Waals surface area contributed by atoms with Crippen molar-refractivity contribution in [3.05, 3.63) is 65.4 Å². The lowest BCUT2D eigenvalue weighted by Gasteiger charge is -2.22. The number of nitrogens with one attached hydrogen (secondary N) is 3. The molecule has 1 atom stereocenters. The van der Waals surface area contributed by atoms with Gasteiger partial charge in [0.2, 0.25) is 0 Å². The molecule has 4 rings (SSSR count). The Morgan fingerprint density at radius 2 is 2.04 bits per heavy atom. The monoisotopic (exact) mass is 348 g/mol. The van der Waals surface area contributed by atoms with Crippen molar-refractivity contribution < 1.29 is 9.53 Å². The molecule has 1 aliphatic rings. The van der Waals surface area contributed by atoms with E-state index in [9.17, 15) is 4.79 Å². The third-order valence-corrected chi connectivity index (χ3v) is 4.66. The minimum Gasteiger partial charge on any atom is -0.497 e. The minimum atomic E-state index is -0.297. The van der Waals surface area contributed by atoms with Crippen molar-refractivity contribution in [2.45, 2.75) is 19.0 Å². The Hall–Kier alpha value is -3.12. The van der Waals surface area contributed by atoms with Crippen LogP contribution < -0.4 is 15.5 Å². The maximum absolute atomic E-state index is 12.4. The first-order valence-corrected chi connectivity index (χ1v) is 8.53. The van der Waals surface area contributed by atoms with E-state index >= 15 is 0 Å². The number of carbonyl (C=O) groups is 1. The highest BCUT2D eigenvalue weighted by molar-refractivity contribution is 5.88. The molecule has 6 nitrogen and oxygen atoms in total. The van der Waals surface area contributed by atoms with Crippen LogP contribution in [-0.2, 0) is 17.8 Å². The highest BCUT2D eigenvalue weighted by Gasteiger charge is 2.26. The van der Waals surface area contributed by atoms with Gasteiger partial charge in [-0.3, -0.25) is 10.1 Å². The largest absolute Gasteiger partial charge is 0.497 e. The first-order valence-electron chi connectivity index (χ1n) is 8.53. The zero-order chi connectivity index (χ0) is 17.9. The van der Waals surface area contributed by atoms with E-state index in [0.717, 1.165) is 22.5 Å². The molecule has 26 heavy (non-hydrogen) atoms. The van der Waals surface area contributed by atoms with Gasteiger partial charge in [0.1, 0.15) is 5.75 Å². The van der Waals surface area contributed by atoms with Gasteiger partial charge in [-0.25, -0.2) is 5.43 Å². The summed E-state index contributed by atoms with van der Waals surface area (Å²) in [6, 6.07) is 15.3. The van der Waals surface area contributed by atoms with Crippen LogP contribution >= 0.6 is 0 Å². The number of rotatable bonds is 4. The lowest BCUT2D eigenvalue weighted by Crippen LogP contribution is -2.46. The maximum Gasteiger partial charge on any atom is 0.257 e. The second kappa shape index (κ2) is 7.01. The number of aromatic amines is 1. The van der Waals surface area contributed by atoms with E-state index in [1.54, 1.807) is 13.3 Å². The Morgan fingerprint density at radius 3 is 2.85 bits per heavy atom. The Morgan fingerprint density at radius 1 is 1.23 bits per heavy atom. The Labute approximate surface area is 151 Å². The van der Waals surface area contributed by atoms with Crippen LogP contribution in [0.15, 0.2) is 53.6 Å². The summed E-state index contributed by atoms with van der Waals surface area (Å²) in [5, 5.41) is 8.51. The summed E-state index contributed by atoms with van der Waals surface area (Å²) >= 11 is 0. The molecule has 0 saturated carbocycles. The molecule has 6 heteroatoms. The number of amides is 1. The summed E-state index contributed by atoms with van der Waals surface area (Å²) in [4.78, 5) is 15.9. The van der Waals surface area contributed by atoms with Crippen LogP contribution in [0.4, 0.5) is 0 Å². The number of aromatic nitrogens is 1. The number of benzene rings is 2. The number of ether oxygens (including phenoxy) is 1. The molecular weight excluding hydrogens is 328 g/mol. The summed E-state index contributed by atoms with van der Waals surface area (Å²) in [6.07, 6.45) is 2.26. The summed E-state index contributed by atoms with van der Waals surface area (Å²) in [6.45, 7) is 0.643. The highest BCUT2D eigenvalue weighted by atomic mass is 16.5. The molecule has 1 amide bonds. The summed E-state index contributed by atoms with van der Waals surface area (Å²) in [7, 11) is 1.62. The van der Waals surface area contributed by atoms with Crippen LogP contribution in [-0.4, -0.2) is 30.3 Å². The Balaban J connectivity index is 1.41. The quantitative estimate of drug-likeness (QED) is 0.500. The number of hydrogen-bond acceptors (Lipinski definition) is 4. The van der Waals surface area contributed by atoms with Crippen LogP contribution in [0.25, 0.3) is 10.9 Å². The average Bonchev–Trinajstić information content (AvgIpc) is 3.06. The molecule has 0 bridgehead atoms. The van der Waals surface area contributed by atoms with Crippen LogP contribution in [0.2, 0.25) is 0 Å². The smallest absolute Gasteiger partial charge is 0.257 e. The summed E-state index contributed by atoms with van der Waals surface area (Å²) in [5.41, 5.74) is 6.98. The fourth-order valence-electron chi connectivity index (χ4n) is 3.27. The predicted molar refractivity (Wildman–Crippen MR) is 101 cm³/mol. The van der Waals surface area contributed by atoms with Crippen molar-refractivity contribution in [2.75, 3.05) is 7.11 Å². The van der Waals surface area contributed by atoms with E-state index in [1.165, 1.54) is 10.9 Å². The van der Waals surface area contributed by atoms with E-state index in [0.29, 0.717) is 13.0 Å². The number of carbonyl (C=O) groups excluding carboxylic acids is 1. The first kappa shape index (κ1) is 16.4. The number of methoxy groups -OCH3 is 1. The van der Waals surface area contributed by atoms with Gasteiger partial charge in [0.05, 0.1) is 19.4 Å². The number of fused-ring (bicyclic) bond motifs is 3. The van der Waals surface area contributed by atoms with Gasteiger partial charge < -0.3 is 9.72 Å². The van der Waals surface area contributed by atoms with Gasteiger partial charge in [-0.05, 0) is 47.9 Å². The molecule has 0 fully saturated rings. The lowest BCUT2D eigenvalue weighted by atomic mass is 9.98. The van der Waals surface area contributed by atoms with Gasteiger partial charge in [0.15, 0.2) is 0 Å². The van der Waals surface area contributed by atoms with E-state index in [-0.39, 0.29) is 11.9 Å². The second-order valence-corrected chi connectivity index (χ2v) is 6.27. The lowest BCUT2D eigenvalue weighted by molar-refractivity contribution is -0.123. The van der Waals surface area contributed by atoms with Crippen molar-refractivity contribution in [3.8, 4) is 5.75 Å². The highest BCUT2D eigenvalue weighted by Crippen LogP contribution is 2.26.